The molecule has 3 unspecified atom stereocenters. The molecule has 0 spiro atoms. The molecule has 1 N–H and O–H groups in total. The van der Waals surface area contributed by atoms with Crippen LogP contribution in [0.2, 0.25) is 0 Å². The van der Waals surface area contributed by atoms with Crippen molar-refractivity contribution in [3.63, 3.8) is 0 Å². The van der Waals surface area contributed by atoms with Gasteiger partial charge in [-0.15, -0.1) is 0 Å². The Morgan fingerprint density at radius 3 is 2.75 bits per heavy atom. The third kappa shape index (κ3) is 3.82. The van der Waals surface area contributed by atoms with E-state index in [2.05, 4.69) is 26.1 Å². The van der Waals surface area contributed by atoms with Gasteiger partial charge in [-0.3, -0.25) is 0 Å². The lowest BCUT2D eigenvalue weighted by Crippen LogP contribution is -2.41. The summed E-state index contributed by atoms with van der Waals surface area (Å²) < 4.78 is 13.5. The zero-order valence-electron chi connectivity index (χ0n) is 13.1. The van der Waals surface area contributed by atoms with Crippen LogP contribution < -0.4 is 5.32 Å². The molecule has 1 aliphatic carbocycles. The van der Waals surface area contributed by atoms with Gasteiger partial charge in [0, 0.05) is 6.04 Å². The molecule has 0 radical (unpaired) electrons. The maximum absolute atomic E-state index is 13.5. The van der Waals surface area contributed by atoms with Crippen LogP contribution in [-0.2, 0) is 6.42 Å². The van der Waals surface area contributed by atoms with Crippen molar-refractivity contribution in [3.05, 3.63) is 35.1 Å². The van der Waals surface area contributed by atoms with Crippen molar-refractivity contribution >= 4 is 0 Å². The lowest BCUT2D eigenvalue weighted by molar-refractivity contribution is 0.199. The second-order valence-corrected chi connectivity index (χ2v) is 6.29. The first-order chi connectivity index (χ1) is 9.63. The summed E-state index contributed by atoms with van der Waals surface area (Å²) in [5.41, 5.74) is 2.41. The van der Waals surface area contributed by atoms with Gasteiger partial charge in [0.25, 0.3) is 0 Å². The fourth-order valence-electron chi connectivity index (χ4n) is 3.63. The van der Waals surface area contributed by atoms with E-state index in [-0.39, 0.29) is 5.82 Å². The molecule has 0 aromatic heterocycles. The van der Waals surface area contributed by atoms with E-state index < -0.39 is 0 Å². The Balaban J connectivity index is 2.11. The standard InChI is InChI=1S/C18H28FN/c1-4-14-7-9-18(20-5-2)16(10-14)11-15-12-17(19)8-6-13(15)3/h6,8,12,14,16,18,20H,4-5,7,9-11H2,1-3H3. The maximum Gasteiger partial charge on any atom is 0.123 e. The van der Waals surface area contributed by atoms with Gasteiger partial charge >= 0.3 is 0 Å². The van der Waals surface area contributed by atoms with Crippen LogP contribution in [0.4, 0.5) is 4.39 Å². The monoisotopic (exact) mass is 277 g/mol. The molecule has 112 valence electrons. The van der Waals surface area contributed by atoms with E-state index in [1.807, 2.05) is 6.07 Å². The Morgan fingerprint density at radius 2 is 2.05 bits per heavy atom. The van der Waals surface area contributed by atoms with E-state index in [9.17, 15) is 4.39 Å². The summed E-state index contributed by atoms with van der Waals surface area (Å²) in [6.45, 7) is 7.59. The molecule has 0 heterocycles. The van der Waals surface area contributed by atoms with Gasteiger partial charge in [0.15, 0.2) is 0 Å². The summed E-state index contributed by atoms with van der Waals surface area (Å²) in [4.78, 5) is 0. The van der Waals surface area contributed by atoms with Crippen molar-refractivity contribution in [2.45, 2.75) is 58.9 Å². The molecule has 1 nitrogen and oxygen atoms in total. The molecule has 1 saturated carbocycles. The van der Waals surface area contributed by atoms with Crippen LogP contribution in [0.15, 0.2) is 18.2 Å². The van der Waals surface area contributed by atoms with E-state index in [1.54, 1.807) is 12.1 Å². The van der Waals surface area contributed by atoms with Crippen molar-refractivity contribution in [2.75, 3.05) is 6.54 Å². The lowest BCUT2D eigenvalue weighted by Gasteiger charge is -2.37. The number of hydrogen-bond donors (Lipinski definition) is 1. The quantitative estimate of drug-likeness (QED) is 0.836. The minimum atomic E-state index is -0.103. The van der Waals surface area contributed by atoms with E-state index in [0.29, 0.717) is 12.0 Å². The fraction of sp³-hybridized carbons (Fsp3) is 0.667. The van der Waals surface area contributed by atoms with E-state index in [0.717, 1.165) is 18.9 Å². The van der Waals surface area contributed by atoms with Crippen LogP contribution in [0.25, 0.3) is 0 Å². The van der Waals surface area contributed by atoms with E-state index in [1.165, 1.54) is 36.8 Å². The molecule has 1 fully saturated rings. The Hall–Kier alpha value is -0.890. The molecule has 0 amide bonds. The predicted octanol–water partition coefficient (Wildman–Crippen LogP) is 4.48. The van der Waals surface area contributed by atoms with Gasteiger partial charge in [0.05, 0.1) is 0 Å². The second kappa shape index (κ2) is 7.21. The Morgan fingerprint density at radius 1 is 1.25 bits per heavy atom. The van der Waals surface area contributed by atoms with Gasteiger partial charge < -0.3 is 5.32 Å². The number of nitrogens with one attached hydrogen (secondary N) is 1. The molecule has 1 aromatic carbocycles. The lowest BCUT2D eigenvalue weighted by atomic mass is 9.74. The highest BCUT2D eigenvalue weighted by molar-refractivity contribution is 5.27. The Kier molecular flexibility index (Phi) is 5.59. The zero-order chi connectivity index (χ0) is 14.5. The molecule has 1 aliphatic rings. The summed E-state index contributed by atoms with van der Waals surface area (Å²) in [5, 5.41) is 3.64. The average Bonchev–Trinajstić information content (AvgIpc) is 2.45. The third-order valence-electron chi connectivity index (χ3n) is 4.93. The van der Waals surface area contributed by atoms with Crippen molar-refractivity contribution in [1.82, 2.24) is 5.32 Å². The number of benzene rings is 1. The van der Waals surface area contributed by atoms with Crippen LogP contribution in [0, 0.1) is 24.6 Å². The zero-order valence-corrected chi connectivity index (χ0v) is 13.1. The molecular weight excluding hydrogens is 249 g/mol. The summed E-state index contributed by atoms with van der Waals surface area (Å²) in [5.74, 6) is 1.39. The topological polar surface area (TPSA) is 12.0 Å². The van der Waals surface area contributed by atoms with Crippen molar-refractivity contribution in [3.8, 4) is 0 Å². The summed E-state index contributed by atoms with van der Waals surface area (Å²) in [6, 6.07) is 5.81. The molecule has 2 heteroatoms. The van der Waals surface area contributed by atoms with Gasteiger partial charge in [-0.25, -0.2) is 4.39 Å². The van der Waals surface area contributed by atoms with Crippen LogP contribution in [0.3, 0.4) is 0 Å². The molecule has 1 aromatic rings. The molecule has 3 atom stereocenters. The number of hydrogen-bond acceptors (Lipinski definition) is 1. The van der Waals surface area contributed by atoms with Gasteiger partial charge in [0.2, 0.25) is 0 Å². The molecule has 0 aliphatic heterocycles. The maximum atomic E-state index is 13.5. The smallest absolute Gasteiger partial charge is 0.123 e. The molecule has 0 bridgehead atoms. The largest absolute Gasteiger partial charge is 0.314 e. The van der Waals surface area contributed by atoms with Gasteiger partial charge in [-0.2, -0.15) is 0 Å². The van der Waals surface area contributed by atoms with Gasteiger partial charge in [-0.05, 0) is 74.2 Å². The fourth-order valence-corrected chi connectivity index (χ4v) is 3.63. The SMILES string of the molecule is CCNC1CCC(CC)CC1Cc1cc(F)ccc1C. The summed E-state index contributed by atoms with van der Waals surface area (Å²) >= 11 is 0. The van der Waals surface area contributed by atoms with E-state index in [4.69, 9.17) is 0 Å². The summed E-state index contributed by atoms with van der Waals surface area (Å²) in [7, 11) is 0. The molecule has 20 heavy (non-hydrogen) atoms. The first-order valence-corrected chi connectivity index (χ1v) is 8.12. The molecular formula is C18H28FN. The van der Waals surface area contributed by atoms with Crippen molar-refractivity contribution in [2.24, 2.45) is 11.8 Å². The number of aryl methyl sites for hydroxylation is 1. The van der Waals surface area contributed by atoms with Crippen molar-refractivity contribution in [1.29, 1.82) is 0 Å². The van der Waals surface area contributed by atoms with Crippen LogP contribution in [0.5, 0.6) is 0 Å². The van der Waals surface area contributed by atoms with Crippen LogP contribution in [-0.4, -0.2) is 12.6 Å². The van der Waals surface area contributed by atoms with Crippen LogP contribution >= 0.6 is 0 Å². The third-order valence-corrected chi connectivity index (χ3v) is 4.93. The van der Waals surface area contributed by atoms with Crippen molar-refractivity contribution < 1.29 is 4.39 Å². The van der Waals surface area contributed by atoms with E-state index >= 15 is 0 Å². The molecule has 0 saturated heterocycles. The number of rotatable bonds is 5. The van der Waals surface area contributed by atoms with Crippen LogP contribution in [0.1, 0.15) is 50.7 Å². The molecule has 2 rings (SSSR count). The number of halogens is 1. The average molecular weight is 277 g/mol. The highest BCUT2D eigenvalue weighted by Crippen LogP contribution is 2.34. The van der Waals surface area contributed by atoms with Gasteiger partial charge in [0.1, 0.15) is 5.82 Å². The highest BCUT2D eigenvalue weighted by atomic mass is 19.1. The first-order valence-electron chi connectivity index (χ1n) is 8.12. The first kappa shape index (κ1) is 15.5. The normalized spacial score (nSPS) is 26.7. The van der Waals surface area contributed by atoms with Gasteiger partial charge in [-0.1, -0.05) is 26.3 Å². The Bertz CT molecular complexity index is 429. The minimum absolute atomic E-state index is 0.103. The highest BCUT2D eigenvalue weighted by Gasteiger charge is 2.29. The second-order valence-electron chi connectivity index (χ2n) is 6.29. The Labute approximate surface area is 123 Å². The predicted molar refractivity (Wildman–Crippen MR) is 83.4 cm³/mol. The summed E-state index contributed by atoms with van der Waals surface area (Å²) in [6.07, 6.45) is 6.18. The minimum Gasteiger partial charge on any atom is -0.314 e.